The summed E-state index contributed by atoms with van der Waals surface area (Å²) in [6.45, 7) is -0.457. The Kier molecular flexibility index (Phi) is 2.92. The molecule has 82 valence electrons. The summed E-state index contributed by atoms with van der Waals surface area (Å²) in [6.07, 6.45) is 0. The van der Waals surface area contributed by atoms with Crippen molar-refractivity contribution in [3.8, 4) is 11.3 Å². The third-order valence-electron chi connectivity index (χ3n) is 2.21. The number of halogens is 2. The molecular weight excluding hydrogens is 212 g/mol. The van der Waals surface area contributed by atoms with E-state index in [2.05, 4.69) is 4.98 Å². The van der Waals surface area contributed by atoms with Gasteiger partial charge in [-0.05, 0) is 36.4 Å². The lowest BCUT2D eigenvalue weighted by atomic mass is 10.1. The van der Waals surface area contributed by atoms with Gasteiger partial charge >= 0.3 is 0 Å². The van der Waals surface area contributed by atoms with E-state index >= 15 is 0 Å². The molecule has 16 heavy (non-hydrogen) atoms. The molecule has 1 heterocycles. The maximum atomic E-state index is 13.1. The van der Waals surface area contributed by atoms with E-state index in [9.17, 15) is 8.78 Å². The molecule has 4 heteroatoms. The molecule has 1 N–H and O–H groups in total. The van der Waals surface area contributed by atoms with Gasteiger partial charge in [-0.2, -0.15) is 0 Å². The van der Waals surface area contributed by atoms with Gasteiger partial charge in [0.05, 0.1) is 12.3 Å². The highest BCUT2D eigenvalue weighted by Crippen LogP contribution is 2.19. The number of aromatic nitrogens is 1. The Hall–Kier alpha value is -1.81. The van der Waals surface area contributed by atoms with Crippen LogP contribution in [-0.2, 0) is 6.61 Å². The van der Waals surface area contributed by atoms with Gasteiger partial charge in [0.2, 0.25) is 0 Å². The number of hydrogen-bond acceptors (Lipinski definition) is 2. The first-order valence-electron chi connectivity index (χ1n) is 4.73. The van der Waals surface area contributed by atoms with Crippen LogP contribution in [0.5, 0.6) is 0 Å². The molecule has 0 aliphatic heterocycles. The van der Waals surface area contributed by atoms with Crippen molar-refractivity contribution in [2.45, 2.75) is 6.61 Å². The minimum atomic E-state index is -0.548. The van der Waals surface area contributed by atoms with Crippen molar-refractivity contribution in [3.05, 3.63) is 53.7 Å². The summed E-state index contributed by atoms with van der Waals surface area (Å²) >= 11 is 0. The van der Waals surface area contributed by atoms with Crippen molar-refractivity contribution < 1.29 is 13.9 Å². The Labute approximate surface area is 91.2 Å². The maximum absolute atomic E-state index is 13.1. The number of benzene rings is 1. The molecule has 0 aliphatic rings. The van der Waals surface area contributed by atoms with Crippen LogP contribution in [0.1, 0.15) is 5.69 Å². The van der Waals surface area contributed by atoms with Crippen molar-refractivity contribution in [1.82, 2.24) is 4.98 Å². The SMILES string of the molecule is OCc1nc(-c2ccc(F)cc2)ccc1F. The van der Waals surface area contributed by atoms with E-state index in [1.54, 1.807) is 12.1 Å². The summed E-state index contributed by atoms with van der Waals surface area (Å²) in [5, 5.41) is 8.87. The van der Waals surface area contributed by atoms with Crippen LogP contribution in [0.25, 0.3) is 11.3 Å². The number of rotatable bonds is 2. The van der Waals surface area contributed by atoms with Crippen LogP contribution in [0.4, 0.5) is 8.78 Å². The average Bonchev–Trinajstić information content (AvgIpc) is 2.31. The molecule has 0 saturated carbocycles. The minimum Gasteiger partial charge on any atom is -0.390 e. The quantitative estimate of drug-likeness (QED) is 0.845. The first-order valence-corrected chi connectivity index (χ1v) is 4.73. The second-order valence-corrected chi connectivity index (χ2v) is 3.29. The van der Waals surface area contributed by atoms with Gasteiger partial charge in [-0.25, -0.2) is 13.8 Å². The van der Waals surface area contributed by atoms with Gasteiger partial charge in [0.15, 0.2) is 0 Å². The van der Waals surface area contributed by atoms with E-state index in [0.29, 0.717) is 11.3 Å². The zero-order valence-corrected chi connectivity index (χ0v) is 8.32. The molecule has 0 atom stereocenters. The van der Waals surface area contributed by atoms with Gasteiger partial charge < -0.3 is 5.11 Å². The molecule has 0 radical (unpaired) electrons. The highest BCUT2D eigenvalue weighted by molar-refractivity contribution is 5.58. The predicted octanol–water partition coefficient (Wildman–Crippen LogP) is 2.52. The van der Waals surface area contributed by atoms with E-state index in [0.717, 1.165) is 0 Å². The minimum absolute atomic E-state index is 0.0122. The Morgan fingerprint density at radius 2 is 1.69 bits per heavy atom. The van der Waals surface area contributed by atoms with Crippen molar-refractivity contribution in [2.75, 3.05) is 0 Å². The van der Waals surface area contributed by atoms with Crippen LogP contribution >= 0.6 is 0 Å². The fraction of sp³-hybridized carbons (Fsp3) is 0.0833. The summed E-state index contributed by atoms with van der Waals surface area (Å²) in [4.78, 5) is 3.94. The first kappa shape index (κ1) is 10.7. The van der Waals surface area contributed by atoms with E-state index in [1.807, 2.05) is 0 Å². The van der Waals surface area contributed by atoms with Gasteiger partial charge in [0.25, 0.3) is 0 Å². The van der Waals surface area contributed by atoms with Gasteiger partial charge in [-0.3, -0.25) is 0 Å². The van der Waals surface area contributed by atoms with E-state index in [-0.39, 0.29) is 11.5 Å². The number of hydrogen-bond donors (Lipinski definition) is 1. The Balaban J connectivity index is 2.44. The Morgan fingerprint density at radius 1 is 1.00 bits per heavy atom. The maximum Gasteiger partial charge on any atom is 0.147 e. The number of aliphatic hydroxyl groups excluding tert-OH is 1. The monoisotopic (exact) mass is 221 g/mol. The lowest BCUT2D eigenvalue weighted by Gasteiger charge is -2.03. The van der Waals surface area contributed by atoms with Crippen molar-refractivity contribution in [3.63, 3.8) is 0 Å². The van der Waals surface area contributed by atoms with Gasteiger partial charge in [-0.15, -0.1) is 0 Å². The summed E-state index contributed by atoms with van der Waals surface area (Å²) in [5.74, 6) is -0.887. The molecule has 2 nitrogen and oxygen atoms in total. The second-order valence-electron chi connectivity index (χ2n) is 3.29. The van der Waals surface area contributed by atoms with Crippen LogP contribution < -0.4 is 0 Å². The fourth-order valence-electron chi connectivity index (χ4n) is 1.38. The normalized spacial score (nSPS) is 10.4. The molecule has 2 rings (SSSR count). The summed E-state index contributed by atoms with van der Waals surface area (Å²) in [5.41, 5.74) is 1.17. The highest BCUT2D eigenvalue weighted by Gasteiger charge is 2.05. The van der Waals surface area contributed by atoms with E-state index in [4.69, 9.17) is 5.11 Å². The highest BCUT2D eigenvalue weighted by atomic mass is 19.1. The molecule has 0 fully saturated rings. The molecular formula is C12H9F2NO. The van der Waals surface area contributed by atoms with Gasteiger partial charge in [0, 0.05) is 5.56 Å². The Bertz CT molecular complexity index is 497. The van der Waals surface area contributed by atoms with Crippen LogP contribution in [0.15, 0.2) is 36.4 Å². The molecule has 1 aromatic carbocycles. The number of nitrogens with zero attached hydrogens (tertiary/aromatic N) is 1. The average molecular weight is 221 g/mol. The molecule has 1 aromatic heterocycles. The molecule has 0 saturated heterocycles. The summed E-state index contributed by atoms with van der Waals surface area (Å²) < 4.78 is 25.8. The first-order chi connectivity index (χ1) is 7.70. The van der Waals surface area contributed by atoms with Crippen LogP contribution in [0, 0.1) is 11.6 Å². The number of aliphatic hydroxyl groups is 1. The zero-order valence-electron chi connectivity index (χ0n) is 8.32. The third kappa shape index (κ3) is 2.06. The number of pyridine rings is 1. The lowest BCUT2D eigenvalue weighted by Crippen LogP contribution is -1.96. The second kappa shape index (κ2) is 4.37. The van der Waals surface area contributed by atoms with Crippen LogP contribution in [0.3, 0.4) is 0 Å². The smallest absolute Gasteiger partial charge is 0.147 e. The molecule has 0 bridgehead atoms. The van der Waals surface area contributed by atoms with Crippen molar-refractivity contribution >= 4 is 0 Å². The largest absolute Gasteiger partial charge is 0.390 e. The molecule has 0 aliphatic carbocycles. The lowest BCUT2D eigenvalue weighted by molar-refractivity contribution is 0.270. The molecule has 0 spiro atoms. The van der Waals surface area contributed by atoms with E-state index in [1.165, 1.54) is 24.3 Å². The molecule has 0 unspecified atom stereocenters. The third-order valence-corrected chi connectivity index (χ3v) is 2.21. The zero-order chi connectivity index (χ0) is 11.5. The standard InChI is InChI=1S/C12H9F2NO/c13-9-3-1-8(2-4-9)11-6-5-10(14)12(7-16)15-11/h1-6,16H,7H2. The Morgan fingerprint density at radius 3 is 2.31 bits per heavy atom. The molecule has 2 aromatic rings. The molecule has 0 amide bonds. The predicted molar refractivity (Wildman–Crippen MR) is 55.5 cm³/mol. The van der Waals surface area contributed by atoms with E-state index < -0.39 is 12.4 Å². The van der Waals surface area contributed by atoms with Crippen molar-refractivity contribution in [1.29, 1.82) is 0 Å². The van der Waals surface area contributed by atoms with Crippen LogP contribution in [-0.4, -0.2) is 10.1 Å². The van der Waals surface area contributed by atoms with Crippen molar-refractivity contribution in [2.24, 2.45) is 0 Å². The fourth-order valence-corrected chi connectivity index (χ4v) is 1.38. The summed E-state index contributed by atoms with van der Waals surface area (Å²) in [6, 6.07) is 8.43. The van der Waals surface area contributed by atoms with Crippen LogP contribution in [0.2, 0.25) is 0 Å². The van der Waals surface area contributed by atoms with Gasteiger partial charge in [0.1, 0.15) is 17.3 Å². The summed E-state index contributed by atoms with van der Waals surface area (Å²) in [7, 11) is 0. The van der Waals surface area contributed by atoms with Gasteiger partial charge in [-0.1, -0.05) is 0 Å². The topological polar surface area (TPSA) is 33.1 Å².